The molecule has 1 unspecified atom stereocenters. The third-order valence-electron chi connectivity index (χ3n) is 2.34. The molecule has 0 saturated carbocycles. The van der Waals surface area contributed by atoms with Crippen molar-refractivity contribution < 1.29 is 4.42 Å². The first-order valence-electron chi connectivity index (χ1n) is 4.95. The maximum atomic E-state index is 5.57. The maximum Gasteiger partial charge on any atom is 0.122 e. The second kappa shape index (κ2) is 5.14. The van der Waals surface area contributed by atoms with Crippen LogP contribution in [0.2, 0.25) is 0 Å². The summed E-state index contributed by atoms with van der Waals surface area (Å²) in [6.45, 7) is 1.93. The topological polar surface area (TPSA) is 51.2 Å². The summed E-state index contributed by atoms with van der Waals surface area (Å²) in [5.41, 5.74) is 2.79. The first-order valence-corrected chi connectivity index (χ1v) is 6.56. The Bertz CT molecular complexity index is 466. The number of halogens is 1. The van der Waals surface area contributed by atoms with Gasteiger partial charge in [0.05, 0.1) is 9.83 Å². The van der Waals surface area contributed by atoms with E-state index in [9.17, 15) is 0 Å². The number of hydrazine groups is 1. The van der Waals surface area contributed by atoms with Gasteiger partial charge in [0.2, 0.25) is 0 Å². The Labute approximate surface area is 107 Å². The van der Waals surface area contributed by atoms with Crippen LogP contribution in [0, 0.1) is 6.92 Å². The highest BCUT2D eigenvalue weighted by molar-refractivity contribution is 9.11. The minimum atomic E-state index is 0.0271. The van der Waals surface area contributed by atoms with Crippen molar-refractivity contribution in [1.29, 1.82) is 0 Å². The summed E-state index contributed by atoms with van der Waals surface area (Å²) in [4.78, 5) is 1.27. The fourth-order valence-electron chi connectivity index (χ4n) is 1.54. The fourth-order valence-corrected chi connectivity index (χ4v) is 3.07. The van der Waals surface area contributed by atoms with Crippen LogP contribution in [0.5, 0.6) is 0 Å². The van der Waals surface area contributed by atoms with Gasteiger partial charge in [-0.1, -0.05) is 0 Å². The quantitative estimate of drug-likeness (QED) is 0.674. The van der Waals surface area contributed by atoms with Crippen LogP contribution in [0.15, 0.2) is 32.5 Å². The Morgan fingerprint density at radius 3 is 2.75 bits per heavy atom. The molecule has 0 bridgehead atoms. The molecule has 16 heavy (non-hydrogen) atoms. The van der Waals surface area contributed by atoms with Crippen molar-refractivity contribution in [2.75, 3.05) is 0 Å². The summed E-state index contributed by atoms with van der Waals surface area (Å²) in [5.74, 6) is 7.34. The molecule has 3 nitrogen and oxygen atoms in total. The summed E-state index contributed by atoms with van der Waals surface area (Å²) in [6.07, 6.45) is 0.833. The lowest BCUT2D eigenvalue weighted by atomic mass is 10.1. The SMILES string of the molecule is Cc1ccc(C(Cc2ccc(Br)s2)NN)o1. The van der Waals surface area contributed by atoms with Gasteiger partial charge in [0.25, 0.3) is 0 Å². The third-order valence-corrected chi connectivity index (χ3v) is 3.99. The molecule has 0 aliphatic heterocycles. The predicted molar refractivity (Wildman–Crippen MR) is 69.2 cm³/mol. The van der Waals surface area contributed by atoms with Crippen LogP contribution in [0.3, 0.4) is 0 Å². The molecule has 0 radical (unpaired) electrons. The second-order valence-corrected chi connectivity index (χ2v) is 6.13. The average molecular weight is 301 g/mol. The highest BCUT2D eigenvalue weighted by atomic mass is 79.9. The van der Waals surface area contributed by atoms with Crippen molar-refractivity contribution in [2.24, 2.45) is 5.84 Å². The van der Waals surface area contributed by atoms with Gasteiger partial charge in [-0.3, -0.25) is 5.84 Å². The van der Waals surface area contributed by atoms with E-state index in [1.54, 1.807) is 11.3 Å². The van der Waals surface area contributed by atoms with Crippen molar-refractivity contribution >= 4 is 27.3 Å². The van der Waals surface area contributed by atoms with Gasteiger partial charge >= 0.3 is 0 Å². The molecule has 0 saturated heterocycles. The van der Waals surface area contributed by atoms with Crippen molar-refractivity contribution in [3.63, 3.8) is 0 Å². The molecule has 0 fully saturated rings. The van der Waals surface area contributed by atoms with Crippen LogP contribution in [-0.4, -0.2) is 0 Å². The Hall–Kier alpha value is -0.620. The van der Waals surface area contributed by atoms with Crippen LogP contribution >= 0.6 is 27.3 Å². The molecular formula is C11H13BrN2OS. The number of furan rings is 1. The summed E-state index contributed by atoms with van der Waals surface area (Å²) in [6, 6.07) is 8.07. The van der Waals surface area contributed by atoms with Crippen molar-refractivity contribution in [1.82, 2.24) is 5.43 Å². The largest absolute Gasteiger partial charge is 0.465 e. The molecule has 5 heteroatoms. The highest BCUT2D eigenvalue weighted by Crippen LogP contribution is 2.27. The van der Waals surface area contributed by atoms with Crippen LogP contribution in [-0.2, 0) is 6.42 Å². The van der Waals surface area contributed by atoms with E-state index in [-0.39, 0.29) is 6.04 Å². The number of aryl methyl sites for hydroxylation is 1. The molecule has 1 atom stereocenters. The normalized spacial score (nSPS) is 12.9. The fraction of sp³-hybridized carbons (Fsp3) is 0.273. The van der Waals surface area contributed by atoms with E-state index in [1.807, 2.05) is 25.1 Å². The van der Waals surface area contributed by atoms with E-state index in [0.717, 1.165) is 21.7 Å². The molecule has 0 spiro atoms. The Kier molecular flexibility index (Phi) is 3.81. The van der Waals surface area contributed by atoms with Gasteiger partial charge in [-0.15, -0.1) is 11.3 Å². The van der Waals surface area contributed by atoms with Crippen LogP contribution in [0.25, 0.3) is 0 Å². The van der Waals surface area contributed by atoms with Gasteiger partial charge in [-0.05, 0) is 47.1 Å². The van der Waals surface area contributed by atoms with Crippen LogP contribution in [0.1, 0.15) is 22.4 Å². The van der Waals surface area contributed by atoms with E-state index in [4.69, 9.17) is 10.3 Å². The van der Waals surface area contributed by atoms with E-state index in [0.29, 0.717) is 0 Å². The van der Waals surface area contributed by atoms with E-state index < -0.39 is 0 Å². The van der Waals surface area contributed by atoms with Crippen molar-refractivity contribution in [3.05, 3.63) is 44.4 Å². The zero-order valence-electron chi connectivity index (χ0n) is 8.87. The molecular weight excluding hydrogens is 288 g/mol. The minimum absolute atomic E-state index is 0.0271. The molecule has 2 heterocycles. The van der Waals surface area contributed by atoms with Gasteiger partial charge < -0.3 is 4.42 Å². The number of hydrogen-bond donors (Lipinski definition) is 2. The maximum absolute atomic E-state index is 5.57. The van der Waals surface area contributed by atoms with Crippen molar-refractivity contribution in [3.8, 4) is 0 Å². The standard InChI is InChI=1S/C11H13BrN2OS/c1-7-2-4-10(15-7)9(14-13)6-8-3-5-11(12)16-8/h2-5,9,14H,6,13H2,1H3. The van der Waals surface area contributed by atoms with Crippen LogP contribution in [0.4, 0.5) is 0 Å². The smallest absolute Gasteiger partial charge is 0.122 e. The molecule has 0 amide bonds. The summed E-state index contributed by atoms with van der Waals surface area (Å²) < 4.78 is 6.70. The average Bonchev–Trinajstić information content (AvgIpc) is 2.84. The number of rotatable bonds is 4. The minimum Gasteiger partial charge on any atom is -0.465 e. The third kappa shape index (κ3) is 2.74. The first kappa shape index (κ1) is 11.9. The molecule has 0 aromatic carbocycles. The zero-order valence-corrected chi connectivity index (χ0v) is 11.3. The van der Waals surface area contributed by atoms with E-state index >= 15 is 0 Å². The highest BCUT2D eigenvalue weighted by Gasteiger charge is 2.15. The molecule has 3 N–H and O–H groups in total. The van der Waals surface area contributed by atoms with Gasteiger partial charge in [0.15, 0.2) is 0 Å². The second-order valence-electron chi connectivity index (χ2n) is 3.58. The predicted octanol–water partition coefficient (Wildman–Crippen LogP) is 3.16. The van der Waals surface area contributed by atoms with Crippen molar-refractivity contribution in [2.45, 2.75) is 19.4 Å². The molecule has 0 aliphatic rings. The molecule has 86 valence electrons. The number of nitrogens with one attached hydrogen (secondary N) is 1. The van der Waals surface area contributed by atoms with E-state index in [1.165, 1.54) is 4.88 Å². The number of hydrogen-bond acceptors (Lipinski definition) is 4. The number of thiophene rings is 1. The lowest BCUT2D eigenvalue weighted by molar-refractivity contribution is 0.404. The van der Waals surface area contributed by atoms with Gasteiger partial charge in [0.1, 0.15) is 11.5 Å². The lowest BCUT2D eigenvalue weighted by Crippen LogP contribution is -2.29. The zero-order chi connectivity index (χ0) is 11.5. The molecule has 2 rings (SSSR count). The Morgan fingerprint density at radius 1 is 1.44 bits per heavy atom. The number of nitrogens with two attached hydrogens (primary N) is 1. The van der Waals surface area contributed by atoms with Gasteiger partial charge in [0, 0.05) is 11.3 Å². The Morgan fingerprint density at radius 2 is 2.25 bits per heavy atom. The van der Waals surface area contributed by atoms with Gasteiger partial charge in [-0.25, -0.2) is 5.43 Å². The van der Waals surface area contributed by atoms with E-state index in [2.05, 4.69) is 27.4 Å². The lowest BCUT2D eigenvalue weighted by Gasteiger charge is -2.11. The molecule has 2 aromatic rings. The molecule has 2 aromatic heterocycles. The monoisotopic (exact) mass is 300 g/mol. The van der Waals surface area contributed by atoms with Crippen LogP contribution < -0.4 is 11.3 Å². The summed E-state index contributed by atoms with van der Waals surface area (Å²) >= 11 is 5.16. The summed E-state index contributed by atoms with van der Waals surface area (Å²) in [7, 11) is 0. The summed E-state index contributed by atoms with van der Waals surface area (Å²) in [5, 5.41) is 0. The molecule has 0 aliphatic carbocycles. The Balaban J connectivity index is 2.12. The van der Waals surface area contributed by atoms with Gasteiger partial charge in [-0.2, -0.15) is 0 Å². The first-order chi connectivity index (χ1) is 7.69.